The van der Waals surface area contributed by atoms with Crippen molar-refractivity contribution in [3.05, 3.63) is 180 Å². The van der Waals surface area contributed by atoms with Gasteiger partial charge in [0, 0.05) is 22.8 Å². The first kappa shape index (κ1) is 33.3. The van der Waals surface area contributed by atoms with Gasteiger partial charge in [-0.25, -0.2) is 0 Å². The van der Waals surface area contributed by atoms with Crippen molar-refractivity contribution in [3.8, 4) is 33.4 Å². The molecule has 0 amide bonds. The van der Waals surface area contributed by atoms with Crippen LogP contribution in [0.5, 0.6) is 0 Å². The summed E-state index contributed by atoms with van der Waals surface area (Å²) in [6, 6.07) is 53.0. The third kappa shape index (κ3) is 5.08. The van der Waals surface area contributed by atoms with Gasteiger partial charge in [0.1, 0.15) is 23.5 Å². The zero-order valence-corrected chi connectivity index (χ0v) is 30.0. The maximum Gasteiger partial charge on any atom is 0.201 e. The van der Waals surface area contributed by atoms with Crippen LogP contribution in [-0.4, -0.2) is 32.1 Å². The minimum Gasteiger partial charge on any atom is -0.508 e. The van der Waals surface area contributed by atoms with E-state index >= 15 is 0 Å². The normalized spacial score (nSPS) is 13.0. The van der Waals surface area contributed by atoms with E-state index in [-0.39, 0.29) is 6.42 Å². The van der Waals surface area contributed by atoms with Crippen LogP contribution in [0.2, 0.25) is 0 Å². The summed E-state index contributed by atoms with van der Waals surface area (Å²) in [7, 11) is 0. The first-order valence-electron chi connectivity index (χ1n) is 18.5. The van der Waals surface area contributed by atoms with Crippen LogP contribution in [0.25, 0.3) is 98.4 Å². The summed E-state index contributed by atoms with van der Waals surface area (Å²) in [4.78, 5) is 0. The van der Waals surface area contributed by atoms with E-state index in [2.05, 4.69) is 121 Å². The number of hydrogen-bond donors (Lipinski definition) is 5. The fourth-order valence-corrected chi connectivity index (χ4v) is 8.56. The van der Waals surface area contributed by atoms with Gasteiger partial charge in [-0.15, -0.1) is 0 Å². The Labute approximate surface area is 320 Å². The average Bonchev–Trinajstić information content (AvgIpc) is 3.64. The van der Waals surface area contributed by atoms with Gasteiger partial charge < -0.3 is 29.9 Å². The van der Waals surface area contributed by atoms with Gasteiger partial charge in [0.05, 0.1) is 0 Å². The fraction of sp³-hybridized carbons (Fsp3) is 0.0400. The second-order valence-corrected chi connectivity index (χ2v) is 14.2. The molecule has 0 fully saturated rings. The van der Waals surface area contributed by atoms with Crippen molar-refractivity contribution in [2.24, 2.45) is 0 Å². The third-order valence-corrected chi connectivity index (χ3v) is 11.1. The van der Waals surface area contributed by atoms with Crippen molar-refractivity contribution in [3.63, 3.8) is 0 Å². The largest absolute Gasteiger partial charge is 0.508 e. The molecule has 0 radical (unpaired) electrons. The summed E-state index contributed by atoms with van der Waals surface area (Å²) in [5.41, 5.74) is 8.51. The molecule has 0 saturated carbocycles. The molecule has 0 aliphatic heterocycles. The third-order valence-electron chi connectivity index (χ3n) is 11.1. The number of furan rings is 1. The maximum absolute atomic E-state index is 10.7. The van der Waals surface area contributed by atoms with E-state index in [1.165, 1.54) is 49.0 Å². The second kappa shape index (κ2) is 12.9. The summed E-state index contributed by atoms with van der Waals surface area (Å²) in [6.45, 7) is -0.894. The van der Waals surface area contributed by atoms with Crippen molar-refractivity contribution in [2.45, 2.75) is 6.42 Å². The smallest absolute Gasteiger partial charge is 0.201 e. The SMILES string of the molecule is OC/C(O)=C(O)\C(O)=C(\O)Cc1cccc2c1oc1cccc(-c3ccc(-c4ccc5ccc6c(-c7ccccc7)ccc7ccc4c5c76)c4ccccc34)c12. The molecule has 0 unspecified atom stereocenters. The van der Waals surface area contributed by atoms with Crippen LogP contribution in [0.1, 0.15) is 5.56 Å². The van der Waals surface area contributed by atoms with Gasteiger partial charge in [-0.3, -0.25) is 0 Å². The van der Waals surface area contributed by atoms with E-state index < -0.39 is 29.6 Å². The molecule has 0 spiro atoms. The molecule has 10 rings (SSSR count). The van der Waals surface area contributed by atoms with Gasteiger partial charge in [0.25, 0.3) is 0 Å². The Balaban J connectivity index is 1.14. The lowest BCUT2D eigenvalue weighted by atomic mass is 9.85. The number of para-hydroxylation sites is 1. The Morgan fingerprint density at radius 2 is 0.946 bits per heavy atom. The zero-order valence-electron chi connectivity index (χ0n) is 30.0. The van der Waals surface area contributed by atoms with Crippen LogP contribution in [0.15, 0.2) is 179 Å². The molecule has 5 N–H and O–H groups in total. The molecule has 6 nitrogen and oxygen atoms in total. The van der Waals surface area contributed by atoms with Crippen LogP contribution >= 0.6 is 0 Å². The number of hydrogen-bond acceptors (Lipinski definition) is 6. The lowest BCUT2D eigenvalue weighted by Gasteiger charge is -2.18. The molecule has 1 heterocycles. The Morgan fingerprint density at radius 1 is 0.411 bits per heavy atom. The number of aliphatic hydroxyl groups excluding tert-OH is 5. The number of aliphatic hydroxyl groups is 5. The van der Waals surface area contributed by atoms with E-state index in [4.69, 9.17) is 9.52 Å². The predicted octanol–water partition coefficient (Wildman–Crippen LogP) is 12.8. The molecule has 6 heteroatoms. The highest BCUT2D eigenvalue weighted by Gasteiger charge is 2.21. The summed E-state index contributed by atoms with van der Waals surface area (Å²) in [6.07, 6.45) is -0.189. The average molecular weight is 731 g/mol. The Kier molecular flexibility index (Phi) is 7.69. The maximum atomic E-state index is 10.7. The molecule has 9 aromatic carbocycles. The number of rotatable bonds is 7. The van der Waals surface area contributed by atoms with Gasteiger partial charge >= 0.3 is 0 Å². The Hall–Kier alpha value is -7.28. The number of benzene rings is 9. The van der Waals surface area contributed by atoms with Crippen LogP contribution in [-0.2, 0) is 6.42 Å². The van der Waals surface area contributed by atoms with E-state index in [1.807, 2.05) is 24.3 Å². The monoisotopic (exact) mass is 730 g/mol. The first-order valence-corrected chi connectivity index (χ1v) is 18.5. The molecule has 0 aliphatic carbocycles. The quantitative estimate of drug-likeness (QED) is 0.0634. The molecule has 0 bridgehead atoms. The molecule has 0 atom stereocenters. The van der Waals surface area contributed by atoms with E-state index in [9.17, 15) is 20.4 Å². The van der Waals surface area contributed by atoms with Crippen LogP contribution in [0.4, 0.5) is 0 Å². The molecule has 0 saturated heterocycles. The van der Waals surface area contributed by atoms with Crippen LogP contribution < -0.4 is 0 Å². The highest BCUT2D eigenvalue weighted by Crippen LogP contribution is 2.46. The topological polar surface area (TPSA) is 114 Å². The first-order chi connectivity index (χ1) is 27.4. The minimum absolute atomic E-state index is 0.189. The summed E-state index contributed by atoms with van der Waals surface area (Å²) < 4.78 is 6.42. The van der Waals surface area contributed by atoms with Gasteiger partial charge in [-0.1, -0.05) is 146 Å². The Bertz CT molecular complexity index is 3240. The molecular weight excluding hydrogens is 697 g/mol. The number of allylic oxidation sites excluding steroid dienone is 1. The van der Waals surface area contributed by atoms with E-state index in [0.717, 1.165) is 38.2 Å². The van der Waals surface area contributed by atoms with Crippen LogP contribution in [0.3, 0.4) is 0 Å². The summed E-state index contributed by atoms with van der Waals surface area (Å²) >= 11 is 0. The summed E-state index contributed by atoms with van der Waals surface area (Å²) in [5.74, 6) is -3.34. The molecule has 56 heavy (non-hydrogen) atoms. The molecule has 270 valence electrons. The van der Waals surface area contributed by atoms with E-state index in [1.54, 1.807) is 6.07 Å². The van der Waals surface area contributed by atoms with Gasteiger partial charge in [-0.2, -0.15) is 0 Å². The van der Waals surface area contributed by atoms with Gasteiger partial charge in [-0.05, 0) is 82.5 Å². The highest BCUT2D eigenvalue weighted by molar-refractivity contribution is 6.28. The standard InChI is InChI=1S/C50H34O6/c51-27-43(53)49(55)48(54)42(52)26-31-10-6-14-41-47-38(13-7-15-44(47)56-50(31)41)37-25-24-35(33-11-4-5-12-34(33)37)36-21-17-30-18-22-39-32(28-8-2-1-3-9-28)20-16-29-19-23-40(36)46(30)45(29)39/h1-25,51-55H,26-27H2/b48-42-,49-43-. The van der Waals surface area contributed by atoms with Crippen molar-refractivity contribution in [1.29, 1.82) is 0 Å². The minimum atomic E-state index is -0.987. The van der Waals surface area contributed by atoms with Crippen molar-refractivity contribution >= 4 is 65.0 Å². The highest BCUT2D eigenvalue weighted by atomic mass is 16.4. The van der Waals surface area contributed by atoms with Gasteiger partial charge in [0.15, 0.2) is 11.5 Å². The van der Waals surface area contributed by atoms with Gasteiger partial charge in [0.2, 0.25) is 5.76 Å². The van der Waals surface area contributed by atoms with Crippen molar-refractivity contribution in [1.82, 2.24) is 0 Å². The predicted molar refractivity (Wildman–Crippen MR) is 227 cm³/mol. The van der Waals surface area contributed by atoms with E-state index in [0.29, 0.717) is 16.7 Å². The lowest BCUT2D eigenvalue weighted by molar-refractivity contribution is 0.211. The number of fused-ring (bicyclic) bond motifs is 4. The van der Waals surface area contributed by atoms with Crippen molar-refractivity contribution < 1.29 is 29.9 Å². The lowest BCUT2D eigenvalue weighted by Crippen LogP contribution is -2.03. The fourth-order valence-electron chi connectivity index (χ4n) is 8.56. The Morgan fingerprint density at radius 3 is 1.64 bits per heavy atom. The molecule has 10 aromatic rings. The second-order valence-electron chi connectivity index (χ2n) is 14.2. The zero-order chi connectivity index (χ0) is 38.1. The van der Waals surface area contributed by atoms with Crippen LogP contribution in [0, 0.1) is 0 Å². The molecule has 0 aliphatic rings. The summed E-state index contributed by atoms with van der Waals surface area (Å²) in [5, 5.41) is 61.3. The molecule has 1 aromatic heterocycles. The molecular formula is C50H34O6. The van der Waals surface area contributed by atoms with Crippen molar-refractivity contribution in [2.75, 3.05) is 6.61 Å².